The summed E-state index contributed by atoms with van der Waals surface area (Å²) >= 11 is 0. The second-order valence-corrected chi connectivity index (χ2v) is 8.91. The Morgan fingerprint density at radius 1 is 1.26 bits per heavy atom. The van der Waals surface area contributed by atoms with Crippen molar-refractivity contribution in [3.8, 4) is 5.75 Å². The summed E-state index contributed by atoms with van der Waals surface area (Å²) in [6, 6.07) is 6.60. The number of ether oxygens (including phenoxy) is 4. The highest BCUT2D eigenvalue weighted by Gasteiger charge is 2.51. The zero-order valence-corrected chi connectivity index (χ0v) is 19.1. The molecule has 0 spiro atoms. The van der Waals surface area contributed by atoms with E-state index in [0.29, 0.717) is 12.2 Å². The van der Waals surface area contributed by atoms with Crippen molar-refractivity contribution in [2.75, 3.05) is 7.11 Å². The van der Waals surface area contributed by atoms with Crippen LogP contribution in [0.3, 0.4) is 0 Å². The molecule has 1 aliphatic heterocycles. The molecule has 1 N–H and O–H groups in total. The minimum Gasteiger partial charge on any atom is -0.497 e. The van der Waals surface area contributed by atoms with Crippen molar-refractivity contribution in [3.63, 3.8) is 0 Å². The van der Waals surface area contributed by atoms with Crippen molar-refractivity contribution in [3.05, 3.63) is 42.5 Å². The Balaban J connectivity index is 2.44. The third-order valence-electron chi connectivity index (χ3n) is 4.70. The van der Waals surface area contributed by atoms with Gasteiger partial charge in [-0.25, -0.2) is 9.59 Å². The number of carbonyl (C=O) groups is 2. The molecule has 3 atom stereocenters. The van der Waals surface area contributed by atoms with Gasteiger partial charge in [-0.2, -0.15) is 0 Å². The number of carbonyl (C=O) groups excluding carboxylic acids is 1. The second-order valence-electron chi connectivity index (χ2n) is 8.91. The lowest BCUT2D eigenvalue weighted by molar-refractivity contribution is -0.166. The summed E-state index contributed by atoms with van der Waals surface area (Å²) < 4.78 is 22.4. The third kappa shape index (κ3) is 6.70. The molecule has 172 valence electrons. The molecular weight excluding hydrogens is 402 g/mol. The molecule has 0 saturated carbocycles. The summed E-state index contributed by atoms with van der Waals surface area (Å²) in [5, 5.41) is 9.71. The fourth-order valence-electron chi connectivity index (χ4n) is 3.44. The highest BCUT2D eigenvalue weighted by atomic mass is 16.8. The SMILES string of the molecule is C=CCC([C@@H]1OC(C)(C)O[C@@H]1C(=O)O)N(Cc1ccc(OC)cc1)C(=O)OC(C)(C)C. The smallest absolute Gasteiger partial charge is 0.410 e. The van der Waals surface area contributed by atoms with Crippen molar-refractivity contribution in [1.82, 2.24) is 4.90 Å². The van der Waals surface area contributed by atoms with Crippen LogP contribution in [0.25, 0.3) is 0 Å². The maximum atomic E-state index is 13.2. The van der Waals surface area contributed by atoms with Crippen LogP contribution >= 0.6 is 0 Å². The molecule has 31 heavy (non-hydrogen) atoms. The fraction of sp³-hybridized carbons (Fsp3) is 0.565. The number of nitrogens with zero attached hydrogens (tertiary/aromatic N) is 1. The first kappa shape index (κ1) is 24.7. The van der Waals surface area contributed by atoms with E-state index in [1.807, 2.05) is 12.1 Å². The number of methoxy groups -OCH3 is 1. The lowest BCUT2D eigenvalue weighted by atomic mass is 10.00. The number of carboxylic acids is 1. The van der Waals surface area contributed by atoms with Crippen molar-refractivity contribution in [2.45, 2.75) is 77.2 Å². The average molecular weight is 436 g/mol. The molecule has 1 heterocycles. The van der Waals surface area contributed by atoms with Crippen LogP contribution in [0.5, 0.6) is 5.75 Å². The van der Waals surface area contributed by atoms with E-state index in [1.54, 1.807) is 59.9 Å². The standard InChI is InChI=1S/C23H33NO7/c1-8-9-17(18-19(20(25)26)30-23(5,6)29-18)24(21(27)31-22(2,3)4)14-15-10-12-16(28-7)13-11-15/h8,10-13,17-19H,1,9,14H2,2-7H3,(H,25,26)/t17?,18-,19-/m0/s1. The van der Waals surface area contributed by atoms with Crippen molar-refractivity contribution in [2.24, 2.45) is 0 Å². The largest absolute Gasteiger partial charge is 0.497 e. The van der Waals surface area contributed by atoms with E-state index in [2.05, 4.69) is 6.58 Å². The Kier molecular flexibility index (Phi) is 7.72. The van der Waals surface area contributed by atoms with Gasteiger partial charge in [0.2, 0.25) is 0 Å². The minimum atomic E-state index is -1.24. The monoisotopic (exact) mass is 435 g/mol. The molecule has 0 bridgehead atoms. The van der Waals surface area contributed by atoms with Crippen molar-refractivity contribution in [1.29, 1.82) is 0 Å². The summed E-state index contributed by atoms with van der Waals surface area (Å²) in [6.45, 7) is 12.6. The Hall–Kier alpha value is -2.58. The maximum absolute atomic E-state index is 13.2. The molecule has 1 aliphatic rings. The van der Waals surface area contributed by atoms with E-state index < -0.39 is 41.7 Å². The van der Waals surface area contributed by atoms with E-state index in [-0.39, 0.29) is 6.54 Å². The second kappa shape index (κ2) is 9.70. The van der Waals surface area contributed by atoms with Gasteiger partial charge in [-0.3, -0.25) is 4.90 Å². The topological polar surface area (TPSA) is 94.5 Å². The minimum absolute atomic E-state index is 0.185. The molecule has 2 rings (SSSR count). The van der Waals surface area contributed by atoms with E-state index >= 15 is 0 Å². The first-order valence-corrected chi connectivity index (χ1v) is 10.2. The molecular formula is C23H33NO7. The van der Waals surface area contributed by atoms with Crippen LogP contribution < -0.4 is 4.74 Å². The quantitative estimate of drug-likeness (QED) is 0.617. The Bertz CT molecular complexity index is 782. The summed E-state index contributed by atoms with van der Waals surface area (Å²) in [7, 11) is 1.58. The molecule has 0 aromatic heterocycles. The molecule has 1 aromatic rings. The number of hydrogen-bond donors (Lipinski definition) is 1. The van der Waals surface area contributed by atoms with Crippen LogP contribution in [-0.2, 0) is 25.5 Å². The first-order chi connectivity index (χ1) is 14.4. The molecule has 1 saturated heterocycles. The van der Waals surface area contributed by atoms with Gasteiger partial charge in [0.05, 0.1) is 13.2 Å². The zero-order valence-electron chi connectivity index (χ0n) is 19.1. The van der Waals surface area contributed by atoms with Crippen LogP contribution in [0.4, 0.5) is 4.79 Å². The van der Waals surface area contributed by atoms with Gasteiger partial charge in [0.15, 0.2) is 11.9 Å². The molecule has 8 heteroatoms. The number of carboxylic acid groups (broad SMARTS) is 1. The highest BCUT2D eigenvalue weighted by molar-refractivity contribution is 5.74. The predicted octanol–water partition coefficient (Wildman–Crippen LogP) is 3.98. The fourth-order valence-corrected chi connectivity index (χ4v) is 3.44. The molecule has 8 nitrogen and oxygen atoms in total. The van der Waals surface area contributed by atoms with Gasteiger partial charge in [0.1, 0.15) is 17.5 Å². The van der Waals surface area contributed by atoms with Gasteiger partial charge in [-0.1, -0.05) is 18.2 Å². The van der Waals surface area contributed by atoms with Gasteiger partial charge in [-0.15, -0.1) is 6.58 Å². The maximum Gasteiger partial charge on any atom is 0.410 e. The summed E-state index contributed by atoms with van der Waals surface area (Å²) in [6.07, 6.45) is -0.794. The molecule has 1 unspecified atom stereocenters. The van der Waals surface area contributed by atoms with Gasteiger partial charge in [0.25, 0.3) is 0 Å². The first-order valence-electron chi connectivity index (χ1n) is 10.2. The Labute approximate surface area is 183 Å². The average Bonchev–Trinajstić information content (AvgIpc) is 2.99. The molecule has 1 fully saturated rings. The highest BCUT2D eigenvalue weighted by Crippen LogP contribution is 2.34. The number of rotatable bonds is 8. The van der Waals surface area contributed by atoms with Crippen LogP contribution in [0.15, 0.2) is 36.9 Å². The summed E-state index contributed by atoms with van der Waals surface area (Å²) in [5.41, 5.74) is 0.0951. The van der Waals surface area contributed by atoms with E-state index in [4.69, 9.17) is 18.9 Å². The summed E-state index contributed by atoms with van der Waals surface area (Å²) in [5.74, 6) is -1.57. The van der Waals surface area contributed by atoms with E-state index in [0.717, 1.165) is 5.56 Å². The van der Waals surface area contributed by atoms with Crippen molar-refractivity contribution < 1.29 is 33.6 Å². The van der Waals surface area contributed by atoms with Crippen molar-refractivity contribution >= 4 is 12.1 Å². The molecule has 1 aromatic carbocycles. The van der Waals surface area contributed by atoms with Crippen LogP contribution in [0.1, 0.15) is 46.6 Å². The number of amides is 1. The summed E-state index contributed by atoms with van der Waals surface area (Å²) in [4.78, 5) is 26.6. The van der Waals surface area contributed by atoms with Gasteiger partial charge in [0, 0.05) is 6.54 Å². The number of hydrogen-bond acceptors (Lipinski definition) is 6. The Morgan fingerprint density at radius 3 is 2.35 bits per heavy atom. The zero-order chi connectivity index (χ0) is 23.4. The van der Waals surface area contributed by atoms with E-state index in [9.17, 15) is 14.7 Å². The lowest BCUT2D eigenvalue weighted by Crippen LogP contribution is -2.52. The van der Waals surface area contributed by atoms with Gasteiger partial charge in [-0.05, 0) is 58.7 Å². The van der Waals surface area contributed by atoms with Crippen LogP contribution in [0.2, 0.25) is 0 Å². The number of aliphatic carboxylic acids is 1. The molecule has 0 aliphatic carbocycles. The molecule has 0 radical (unpaired) electrons. The number of benzene rings is 1. The normalized spacial score (nSPS) is 21.2. The van der Waals surface area contributed by atoms with Gasteiger partial charge >= 0.3 is 12.1 Å². The van der Waals surface area contributed by atoms with Gasteiger partial charge < -0.3 is 24.1 Å². The molecule has 1 amide bonds. The third-order valence-corrected chi connectivity index (χ3v) is 4.70. The lowest BCUT2D eigenvalue weighted by Gasteiger charge is -2.36. The predicted molar refractivity (Wildman–Crippen MR) is 115 cm³/mol. The van der Waals surface area contributed by atoms with E-state index in [1.165, 1.54) is 4.90 Å². The van der Waals surface area contributed by atoms with Crippen LogP contribution in [0, 0.1) is 0 Å². The Morgan fingerprint density at radius 2 is 1.87 bits per heavy atom. The van der Waals surface area contributed by atoms with Crippen LogP contribution in [-0.4, -0.2) is 58.8 Å².